The Morgan fingerprint density at radius 1 is 1.31 bits per heavy atom. The maximum Gasteiger partial charge on any atom is 0.00977 e. The Morgan fingerprint density at radius 3 is 2.75 bits per heavy atom. The smallest absolute Gasteiger partial charge is 0.00977 e. The van der Waals surface area contributed by atoms with E-state index in [4.69, 9.17) is 0 Å². The van der Waals surface area contributed by atoms with E-state index in [9.17, 15) is 0 Å². The molecule has 0 spiro atoms. The Morgan fingerprint density at radius 2 is 2.06 bits per heavy atom. The lowest BCUT2D eigenvalue weighted by Crippen LogP contribution is -2.44. The second-order valence-corrected chi connectivity index (χ2v) is 6.95. The Kier molecular flexibility index (Phi) is 6.83. The van der Waals surface area contributed by atoms with Crippen LogP contribution >= 0.6 is 11.8 Å². The van der Waals surface area contributed by atoms with E-state index in [2.05, 4.69) is 44.8 Å². The summed E-state index contributed by atoms with van der Waals surface area (Å²) in [5.74, 6) is 4.36. The molecule has 0 aromatic rings. The van der Waals surface area contributed by atoms with Gasteiger partial charge in [0.1, 0.15) is 0 Å². The van der Waals surface area contributed by atoms with E-state index in [1.54, 1.807) is 0 Å². The quantitative estimate of drug-likeness (QED) is 0.709. The fourth-order valence-corrected chi connectivity index (χ4v) is 3.43. The molecule has 4 atom stereocenters. The van der Waals surface area contributed by atoms with Crippen molar-refractivity contribution in [1.82, 2.24) is 5.32 Å². The van der Waals surface area contributed by atoms with Gasteiger partial charge in [0.2, 0.25) is 0 Å². The third-order valence-electron chi connectivity index (χ3n) is 3.86. The third kappa shape index (κ3) is 5.09. The SMILES string of the molecule is CCSCCC(C)NC1CC(C)CCC1C. The summed E-state index contributed by atoms with van der Waals surface area (Å²) < 4.78 is 0. The number of hydrogen-bond acceptors (Lipinski definition) is 2. The molecule has 0 aromatic heterocycles. The van der Waals surface area contributed by atoms with Gasteiger partial charge in [-0.2, -0.15) is 11.8 Å². The van der Waals surface area contributed by atoms with Crippen molar-refractivity contribution in [1.29, 1.82) is 0 Å². The molecule has 1 nitrogen and oxygen atoms in total. The molecule has 0 radical (unpaired) electrons. The number of hydrogen-bond donors (Lipinski definition) is 1. The molecule has 1 saturated carbocycles. The first-order valence-corrected chi connectivity index (χ1v) is 8.12. The van der Waals surface area contributed by atoms with E-state index in [-0.39, 0.29) is 0 Å². The number of nitrogens with one attached hydrogen (secondary N) is 1. The molecule has 4 unspecified atom stereocenters. The fraction of sp³-hybridized carbons (Fsp3) is 1.00. The number of thioether (sulfide) groups is 1. The van der Waals surface area contributed by atoms with Crippen LogP contribution < -0.4 is 5.32 Å². The topological polar surface area (TPSA) is 12.0 Å². The average molecular weight is 243 g/mol. The lowest BCUT2D eigenvalue weighted by Gasteiger charge is -2.35. The van der Waals surface area contributed by atoms with E-state index in [0.717, 1.165) is 17.9 Å². The molecule has 0 heterocycles. The zero-order valence-electron chi connectivity index (χ0n) is 11.5. The molecular weight excluding hydrogens is 214 g/mol. The Labute approximate surface area is 106 Å². The normalized spacial score (nSPS) is 32.6. The van der Waals surface area contributed by atoms with Crippen LogP contribution in [0, 0.1) is 11.8 Å². The van der Waals surface area contributed by atoms with Gasteiger partial charge in [-0.3, -0.25) is 0 Å². The minimum atomic E-state index is 0.691. The molecule has 16 heavy (non-hydrogen) atoms. The summed E-state index contributed by atoms with van der Waals surface area (Å²) in [7, 11) is 0. The van der Waals surface area contributed by atoms with Gasteiger partial charge < -0.3 is 5.32 Å². The van der Waals surface area contributed by atoms with Gasteiger partial charge >= 0.3 is 0 Å². The first-order chi connectivity index (χ1) is 7.63. The highest BCUT2D eigenvalue weighted by atomic mass is 32.2. The molecule has 0 bridgehead atoms. The molecule has 1 aliphatic rings. The standard InChI is InChI=1S/C14H29NS/c1-5-16-9-8-13(4)15-14-10-11(2)6-7-12(14)3/h11-15H,5-10H2,1-4H3. The van der Waals surface area contributed by atoms with Crippen molar-refractivity contribution < 1.29 is 0 Å². The van der Waals surface area contributed by atoms with E-state index in [1.807, 2.05) is 0 Å². The van der Waals surface area contributed by atoms with Crippen LogP contribution in [0.3, 0.4) is 0 Å². The second kappa shape index (κ2) is 7.60. The van der Waals surface area contributed by atoms with Crippen LogP contribution in [0.2, 0.25) is 0 Å². The molecule has 0 aromatic carbocycles. The Bertz CT molecular complexity index is 184. The van der Waals surface area contributed by atoms with Gasteiger partial charge in [0.15, 0.2) is 0 Å². The highest BCUT2D eigenvalue weighted by Crippen LogP contribution is 2.28. The molecule has 1 N–H and O–H groups in total. The summed E-state index contributed by atoms with van der Waals surface area (Å²) in [5, 5.41) is 3.84. The van der Waals surface area contributed by atoms with Gasteiger partial charge in [0, 0.05) is 12.1 Å². The van der Waals surface area contributed by atoms with Gasteiger partial charge in [0.25, 0.3) is 0 Å². The first kappa shape index (κ1) is 14.4. The molecule has 96 valence electrons. The van der Waals surface area contributed by atoms with Crippen molar-refractivity contribution in [2.45, 2.75) is 65.5 Å². The minimum Gasteiger partial charge on any atom is -0.311 e. The Hall–Kier alpha value is 0.310. The molecule has 0 amide bonds. The predicted molar refractivity (Wildman–Crippen MR) is 76.2 cm³/mol. The predicted octanol–water partition coefficient (Wildman–Crippen LogP) is 3.93. The van der Waals surface area contributed by atoms with Crippen molar-refractivity contribution in [3.05, 3.63) is 0 Å². The van der Waals surface area contributed by atoms with Gasteiger partial charge in [-0.1, -0.05) is 27.2 Å². The van der Waals surface area contributed by atoms with Gasteiger partial charge in [-0.25, -0.2) is 0 Å². The van der Waals surface area contributed by atoms with Crippen LogP contribution in [0.5, 0.6) is 0 Å². The maximum absolute atomic E-state index is 3.84. The van der Waals surface area contributed by atoms with Crippen LogP contribution in [-0.4, -0.2) is 23.6 Å². The zero-order chi connectivity index (χ0) is 12.0. The first-order valence-electron chi connectivity index (χ1n) is 6.97. The van der Waals surface area contributed by atoms with Crippen molar-refractivity contribution in [2.75, 3.05) is 11.5 Å². The fourth-order valence-electron chi connectivity index (χ4n) is 2.62. The molecule has 1 fully saturated rings. The molecule has 0 aliphatic heterocycles. The van der Waals surface area contributed by atoms with E-state index in [1.165, 1.54) is 37.2 Å². The summed E-state index contributed by atoms with van der Waals surface area (Å²) >= 11 is 2.06. The van der Waals surface area contributed by atoms with E-state index >= 15 is 0 Å². The molecular formula is C14H29NS. The van der Waals surface area contributed by atoms with Crippen molar-refractivity contribution in [3.8, 4) is 0 Å². The number of rotatable bonds is 6. The molecule has 1 rings (SSSR count). The monoisotopic (exact) mass is 243 g/mol. The average Bonchev–Trinajstić information content (AvgIpc) is 2.24. The van der Waals surface area contributed by atoms with E-state index in [0.29, 0.717) is 6.04 Å². The van der Waals surface area contributed by atoms with Gasteiger partial charge in [-0.15, -0.1) is 0 Å². The maximum atomic E-state index is 3.84. The third-order valence-corrected chi connectivity index (χ3v) is 4.79. The van der Waals surface area contributed by atoms with Crippen LogP contribution in [0.4, 0.5) is 0 Å². The van der Waals surface area contributed by atoms with Crippen LogP contribution in [0.15, 0.2) is 0 Å². The molecule has 2 heteroatoms. The van der Waals surface area contributed by atoms with E-state index < -0.39 is 0 Å². The van der Waals surface area contributed by atoms with Crippen LogP contribution in [0.25, 0.3) is 0 Å². The summed E-state index contributed by atoms with van der Waals surface area (Å²) in [5.41, 5.74) is 0. The van der Waals surface area contributed by atoms with Crippen molar-refractivity contribution in [2.24, 2.45) is 11.8 Å². The summed E-state index contributed by atoms with van der Waals surface area (Å²) in [4.78, 5) is 0. The summed E-state index contributed by atoms with van der Waals surface area (Å²) in [6, 6.07) is 1.46. The lowest BCUT2D eigenvalue weighted by atomic mass is 9.80. The van der Waals surface area contributed by atoms with Gasteiger partial charge in [-0.05, 0) is 49.5 Å². The second-order valence-electron chi connectivity index (χ2n) is 5.56. The van der Waals surface area contributed by atoms with Gasteiger partial charge in [0.05, 0.1) is 0 Å². The Balaban J connectivity index is 2.23. The van der Waals surface area contributed by atoms with Crippen molar-refractivity contribution >= 4 is 11.8 Å². The highest BCUT2D eigenvalue weighted by molar-refractivity contribution is 7.99. The van der Waals surface area contributed by atoms with Crippen LogP contribution in [-0.2, 0) is 0 Å². The van der Waals surface area contributed by atoms with Crippen LogP contribution in [0.1, 0.15) is 53.4 Å². The zero-order valence-corrected chi connectivity index (χ0v) is 12.3. The highest BCUT2D eigenvalue weighted by Gasteiger charge is 2.25. The molecule has 1 aliphatic carbocycles. The minimum absolute atomic E-state index is 0.691. The summed E-state index contributed by atoms with van der Waals surface area (Å²) in [6.07, 6.45) is 5.54. The van der Waals surface area contributed by atoms with Crippen molar-refractivity contribution in [3.63, 3.8) is 0 Å². The lowest BCUT2D eigenvalue weighted by molar-refractivity contribution is 0.215. The molecule has 0 saturated heterocycles. The summed E-state index contributed by atoms with van der Waals surface area (Å²) in [6.45, 7) is 9.41. The largest absolute Gasteiger partial charge is 0.311 e.